The van der Waals surface area contributed by atoms with E-state index in [1.165, 1.54) is 289 Å². The van der Waals surface area contributed by atoms with Crippen molar-refractivity contribution in [1.82, 2.24) is 0 Å². The van der Waals surface area contributed by atoms with E-state index in [2.05, 4.69) is 27.7 Å². The molecule has 612 valence electrons. The normalized spacial score (nSPS) is 13.7. The lowest BCUT2D eigenvalue weighted by molar-refractivity contribution is -0.161. The van der Waals surface area contributed by atoms with Crippen molar-refractivity contribution in [2.75, 3.05) is 39.6 Å². The minimum absolute atomic E-state index is 0.109. The molecule has 0 amide bonds. The molecule has 2 unspecified atom stereocenters. The zero-order valence-electron chi connectivity index (χ0n) is 67.3. The topological polar surface area (TPSA) is 237 Å². The number of carbonyl (C=O) groups is 4. The number of phosphoric acid groups is 2. The Balaban J connectivity index is 5.21. The number of hydrogen-bond acceptors (Lipinski definition) is 15. The molecule has 0 aliphatic carbocycles. The average Bonchev–Trinajstić information content (AvgIpc) is 0.916. The number of aliphatic hydroxyl groups is 1. The van der Waals surface area contributed by atoms with Gasteiger partial charge in [0.15, 0.2) is 12.2 Å². The molecule has 5 atom stereocenters. The predicted molar refractivity (Wildman–Crippen MR) is 423 cm³/mol. The van der Waals surface area contributed by atoms with Crippen LogP contribution >= 0.6 is 15.6 Å². The van der Waals surface area contributed by atoms with E-state index in [9.17, 15) is 43.2 Å². The number of hydrogen-bond donors (Lipinski definition) is 3. The summed E-state index contributed by atoms with van der Waals surface area (Å²) in [5.41, 5.74) is 0. The second-order valence-electron chi connectivity index (χ2n) is 30.2. The van der Waals surface area contributed by atoms with Gasteiger partial charge in [0.2, 0.25) is 0 Å². The van der Waals surface area contributed by atoms with E-state index < -0.39 is 97.5 Å². The van der Waals surface area contributed by atoms with Gasteiger partial charge in [-0.3, -0.25) is 37.3 Å². The van der Waals surface area contributed by atoms with Crippen LogP contribution in [0, 0.1) is 0 Å². The molecule has 19 heteroatoms. The lowest BCUT2D eigenvalue weighted by atomic mass is 10.0. The first-order valence-corrected chi connectivity index (χ1v) is 46.8. The fourth-order valence-corrected chi connectivity index (χ4v) is 14.7. The molecule has 17 nitrogen and oxygen atoms in total. The Morgan fingerprint density at radius 1 is 0.233 bits per heavy atom. The third-order valence-corrected chi connectivity index (χ3v) is 21.8. The Hall–Kier alpha value is -1.94. The van der Waals surface area contributed by atoms with Crippen molar-refractivity contribution >= 4 is 39.5 Å². The van der Waals surface area contributed by atoms with E-state index in [1.807, 2.05) is 0 Å². The van der Waals surface area contributed by atoms with Crippen LogP contribution in [0.2, 0.25) is 0 Å². The second kappa shape index (κ2) is 78.2. The minimum Gasteiger partial charge on any atom is -0.462 e. The number of ether oxygens (including phenoxy) is 4. The molecule has 0 fully saturated rings. The van der Waals surface area contributed by atoms with Gasteiger partial charge in [0.1, 0.15) is 19.3 Å². The van der Waals surface area contributed by atoms with Gasteiger partial charge in [-0.05, 0) is 25.7 Å². The van der Waals surface area contributed by atoms with Crippen LogP contribution in [0.5, 0.6) is 0 Å². The Morgan fingerprint density at radius 3 is 0.573 bits per heavy atom. The molecule has 0 aliphatic rings. The monoisotopic (exact) mass is 1510 g/mol. The Kier molecular flexibility index (Phi) is 76.7. The van der Waals surface area contributed by atoms with Gasteiger partial charge < -0.3 is 33.8 Å². The summed E-state index contributed by atoms with van der Waals surface area (Å²) < 4.78 is 68.8. The maximum absolute atomic E-state index is 13.1. The molecule has 0 aromatic carbocycles. The Labute approximate surface area is 632 Å². The van der Waals surface area contributed by atoms with E-state index >= 15 is 0 Å². The lowest BCUT2D eigenvalue weighted by Gasteiger charge is -2.21. The highest BCUT2D eigenvalue weighted by Gasteiger charge is 2.30. The summed E-state index contributed by atoms with van der Waals surface area (Å²) in [6, 6.07) is 0. The quantitative estimate of drug-likeness (QED) is 0.0222. The van der Waals surface area contributed by atoms with Crippen LogP contribution in [-0.4, -0.2) is 96.7 Å². The van der Waals surface area contributed by atoms with Crippen LogP contribution in [0.4, 0.5) is 0 Å². The summed E-state index contributed by atoms with van der Waals surface area (Å²) in [6.07, 6.45) is 72.2. The molecule has 0 aliphatic heterocycles. The smallest absolute Gasteiger partial charge is 0.462 e. The summed E-state index contributed by atoms with van der Waals surface area (Å²) in [4.78, 5) is 73.1. The van der Waals surface area contributed by atoms with Gasteiger partial charge in [0.05, 0.1) is 26.4 Å². The van der Waals surface area contributed by atoms with Gasteiger partial charge in [-0.1, -0.05) is 407 Å². The molecular formula is C84H164O17P2. The third-order valence-electron chi connectivity index (χ3n) is 19.9. The van der Waals surface area contributed by atoms with Crippen molar-refractivity contribution in [3.63, 3.8) is 0 Å². The zero-order chi connectivity index (χ0) is 75.3. The maximum Gasteiger partial charge on any atom is 0.472 e. The molecule has 0 aromatic heterocycles. The van der Waals surface area contributed by atoms with Crippen LogP contribution < -0.4 is 0 Å². The third kappa shape index (κ3) is 78.0. The molecule has 0 aromatic rings. The summed E-state index contributed by atoms with van der Waals surface area (Å²) in [6.45, 7) is 5.04. The molecule has 0 radical (unpaired) electrons. The van der Waals surface area contributed by atoms with Crippen molar-refractivity contribution in [2.45, 2.75) is 476 Å². The fourth-order valence-electron chi connectivity index (χ4n) is 13.2. The molecule has 0 spiro atoms. The summed E-state index contributed by atoms with van der Waals surface area (Å²) >= 11 is 0. The van der Waals surface area contributed by atoms with Gasteiger partial charge in [-0.15, -0.1) is 0 Å². The van der Waals surface area contributed by atoms with E-state index in [0.717, 1.165) is 89.9 Å². The van der Waals surface area contributed by atoms with E-state index in [0.29, 0.717) is 25.7 Å². The Bertz CT molecular complexity index is 1950. The number of rotatable bonds is 85. The zero-order valence-corrected chi connectivity index (χ0v) is 69.1. The number of esters is 4. The van der Waals surface area contributed by atoms with Gasteiger partial charge >= 0.3 is 39.5 Å². The van der Waals surface area contributed by atoms with Crippen LogP contribution in [0.1, 0.15) is 458 Å². The molecule has 103 heavy (non-hydrogen) atoms. The standard InChI is InChI=1S/C84H164O17P2/c1-5-9-13-17-21-25-28-31-34-37-40-43-46-49-53-57-61-65-69-82(87)95-75-80(101-84(89)71-67-63-59-55-51-48-45-42-39-36-33-30-27-23-19-15-11-7-3)77-99-103(92,93)97-73-78(85)72-96-102(90,91)98-76-79(74-94-81(86)68-64-60-56-52-24-20-16-12-8-4)100-83(88)70-66-62-58-54-50-47-44-41-38-35-32-29-26-22-18-14-10-6-2/h78-80,85H,5-77H2,1-4H3,(H,90,91)(H,92,93)/t78-,79+,80+/m0/s1. The Morgan fingerprint density at radius 2 is 0.388 bits per heavy atom. The summed E-state index contributed by atoms with van der Waals surface area (Å²) in [5.74, 6) is -2.10. The molecule has 3 N–H and O–H groups in total. The van der Waals surface area contributed by atoms with Crippen molar-refractivity contribution in [2.24, 2.45) is 0 Å². The summed E-state index contributed by atoms with van der Waals surface area (Å²) in [7, 11) is -9.92. The van der Waals surface area contributed by atoms with Crippen molar-refractivity contribution in [3.8, 4) is 0 Å². The van der Waals surface area contributed by atoms with Gasteiger partial charge in [-0.25, -0.2) is 9.13 Å². The van der Waals surface area contributed by atoms with Crippen LogP contribution in [0.25, 0.3) is 0 Å². The van der Waals surface area contributed by atoms with Crippen molar-refractivity contribution in [3.05, 3.63) is 0 Å². The average molecular weight is 1510 g/mol. The van der Waals surface area contributed by atoms with Gasteiger partial charge in [-0.2, -0.15) is 0 Å². The van der Waals surface area contributed by atoms with Crippen LogP contribution in [-0.2, 0) is 65.4 Å². The van der Waals surface area contributed by atoms with E-state index in [1.54, 1.807) is 0 Å². The molecule has 0 bridgehead atoms. The molecular weight excluding hydrogens is 1340 g/mol. The maximum atomic E-state index is 13.1. The SMILES string of the molecule is CCCCCCCCCCCCCCCCCCCCC(=O)OC[C@H](COP(=O)(O)OC[C@@H](O)COP(=O)(O)OC[C@@H](COC(=O)CCCCCCCCCCC)OC(=O)CCCCCCCCCCCCCCCCCCCC)OC(=O)CCCCCCCCCCCCCCCCCCCC. The van der Waals surface area contributed by atoms with Crippen LogP contribution in [0.3, 0.4) is 0 Å². The lowest BCUT2D eigenvalue weighted by Crippen LogP contribution is -2.30. The largest absolute Gasteiger partial charge is 0.472 e. The first-order valence-electron chi connectivity index (χ1n) is 43.8. The summed E-state index contributed by atoms with van der Waals surface area (Å²) in [5, 5.41) is 10.7. The van der Waals surface area contributed by atoms with Gasteiger partial charge in [0, 0.05) is 25.7 Å². The second-order valence-corrected chi connectivity index (χ2v) is 33.1. The van der Waals surface area contributed by atoms with Crippen molar-refractivity contribution < 1.29 is 80.2 Å². The molecule has 0 saturated heterocycles. The molecule has 0 saturated carbocycles. The van der Waals surface area contributed by atoms with Crippen molar-refractivity contribution in [1.29, 1.82) is 0 Å². The highest BCUT2D eigenvalue weighted by atomic mass is 31.2. The van der Waals surface area contributed by atoms with Gasteiger partial charge in [0.25, 0.3) is 0 Å². The number of carbonyl (C=O) groups excluding carboxylic acids is 4. The molecule has 0 rings (SSSR count). The number of phosphoric ester groups is 2. The van der Waals surface area contributed by atoms with E-state index in [4.69, 9.17) is 37.0 Å². The van der Waals surface area contributed by atoms with E-state index in [-0.39, 0.29) is 25.7 Å². The highest BCUT2D eigenvalue weighted by molar-refractivity contribution is 7.47. The minimum atomic E-state index is -4.96. The predicted octanol–water partition coefficient (Wildman–Crippen LogP) is 25.7. The molecule has 0 heterocycles. The van der Waals surface area contributed by atoms with Crippen LogP contribution in [0.15, 0.2) is 0 Å². The number of aliphatic hydroxyl groups excluding tert-OH is 1. The first kappa shape index (κ1) is 101. The first-order chi connectivity index (χ1) is 50.2. The fraction of sp³-hybridized carbons (Fsp3) is 0.952. The highest BCUT2D eigenvalue weighted by Crippen LogP contribution is 2.45. The number of unbranched alkanes of at least 4 members (excludes halogenated alkanes) is 59.